The third kappa shape index (κ3) is 5.27. The standard InChI is InChI=1S/C17H16Cl2N2O2/c1-11-6-15(7-12(2)17(11)19)23-10-16(22)21-20-9-13-4-3-5-14(18)8-13/h3-9H,10H2,1-2H3,(H,21,22)/b20-9+. The van der Waals surface area contributed by atoms with Crippen LogP contribution in [0.4, 0.5) is 0 Å². The van der Waals surface area contributed by atoms with Gasteiger partial charge in [-0.3, -0.25) is 4.79 Å². The van der Waals surface area contributed by atoms with Gasteiger partial charge in [-0.05, 0) is 54.8 Å². The zero-order valence-corrected chi connectivity index (χ0v) is 14.3. The highest BCUT2D eigenvalue weighted by molar-refractivity contribution is 6.32. The molecule has 4 nitrogen and oxygen atoms in total. The predicted octanol–water partition coefficient (Wildman–Crippen LogP) is 4.14. The maximum absolute atomic E-state index is 11.7. The molecule has 0 aliphatic carbocycles. The van der Waals surface area contributed by atoms with E-state index in [4.69, 9.17) is 27.9 Å². The van der Waals surface area contributed by atoms with Crippen molar-refractivity contribution in [1.29, 1.82) is 0 Å². The first kappa shape index (κ1) is 17.3. The van der Waals surface area contributed by atoms with E-state index < -0.39 is 0 Å². The Kier molecular flexibility index (Phi) is 6.02. The van der Waals surface area contributed by atoms with Crippen molar-refractivity contribution in [1.82, 2.24) is 5.43 Å². The summed E-state index contributed by atoms with van der Waals surface area (Å²) in [5.41, 5.74) is 5.00. The Labute approximate surface area is 145 Å². The first-order valence-electron chi connectivity index (χ1n) is 6.92. The largest absolute Gasteiger partial charge is 0.484 e. The number of carbonyl (C=O) groups is 1. The zero-order chi connectivity index (χ0) is 16.8. The molecule has 0 saturated carbocycles. The number of hydrogen-bond acceptors (Lipinski definition) is 3. The third-order valence-corrected chi connectivity index (χ3v) is 3.86. The lowest BCUT2D eigenvalue weighted by atomic mass is 10.1. The van der Waals surface area contributed by atoms with E-state index in [9.17, 15) is 4.79 Å². The van der Waals surface area contributed by atoms with Crippen molar-refractivity contribution in [2.75, 3.05) is 6.61 Å². The van der Waals surface area contributed by atoms with Crippen LogP contribution in [0.25, 0.3) is 0 Å². The molecule has 120 valence electrons. The van der Waals surface area contributed by atoms with Crippen molar-refractivity contribution >= 4 is 35.3 Å². The number of nitrogens with one attached hydrogen (secondary N) is 1. The number of ether oxygens (including phenoxy) is 1. The minimum atomic E-state index is -0.353. The van der Waals surface area contributed by atoms with Crippen LogP contribution in [0.15, 0.2) is 41.5 Å². The third-order valence-electron chi connectivity index (χ3n) is 3.03. The number of aryl methyl sites for hydroxylation is 2. The second kappa shape index (κ2) is 7.99. The number of benzene rings is 2. The van der Waals surface area contributed by atoms with Crippen LogP contribution >= 0.6 is 23.2 Å². The van der Waals surface area contributed by atoms with Crippen LogP contribution in [0.1, 0.15) is 16.7 Å². The number of rotatable bonds is 5. The van der Waals surface area contributed by atoms with Gasteiger partial charge in [0.2, 0.25) is 0 Å². The molecule has 0 aliphatic heterocycles. The van der Waals surface area contributed by atoms with Crippen LogP contribution < -0.4 is 10.2 Å². The molecule has 23 heavy (non-hydrogen) atoms. The normalized spacial score (nSPS) is 10.8. The van der Waals surface area contributed by atoms with Crippen LogP contribution in [0.3, 0.4) is 0 Å². The van der Waals surface area contributed by atoms with Gasteiger partial charge in [-0.15, -0.1) is 0 Å². The van der Waals surface area contributed by atoms with Gasteiger partial charge < -0.3 is 4.74 Å². The van der Waals surface area contributed by atoms with Crippen LogP contribution in [-0.4, -0.2) is 18.7 Å². The van der Waals surface area contributed by atoms with Crippen LogP contribution in [0.2, 0.25) is 10.0 Å². The number of hydrogen-bond donors (Lipinski definition) is 1. The lowest BCUT2D eigenvalue weighted by Crippen LogP contribution is -2.24. The van der Waals surface area contributed by atoms with E-state index >= 15 is 0 Å². The Hall–Kier alpha value is -2.04. The van der Waals surface area contributed by atoms with Crippen molar-refractivity contribution in [2.45, 2.75) is 13.8 Å². The molecule has 0 bridgehead atoms. The number of carbonyl (C=O) groups excluding carboxylic acids is 1. The summed E-state index contributed by atoms with van der Waals surface area (Å²) in [6.45, 7) is 3.64. The Morgan fingerprint density at radius 1 is 1.22 bits per heavy atom. The molecule has 0 spiro atoms. The fourth-order valence-corrected chi connectivity index (χ4v) is 2.24. The topological polar surface area (TPSA) is 50.7 Å². The van der Waals surface area contributed by atoms with Crippen molar-refractivity contribution in [3.05, 3.63) is 63.1 Å². The molecule has 0 aliphatic rings. The lowest BCUT2D eigenvalue weighted by Gasteiger charge is -2.09. The smallest absolute Gasteiger partial charge is 0.277 e. The molecular weight excluding hydrogens is 335 g/mol. The minimum absolute atomic E-state index is 0.132. The molecule has 0 aromatic heterocycles. The second-order valence-electron chi connectivity index (χ2n) is 5.01. The van der Waals surface area contributed by atoms with Gasteiger partial charge in [0.1, 0.15) is 5.75 Å². The van der Waals surface area contributed by atoms with Gasteiger partial charge >= 0.3 is 0 Å². The van der Waals surface area contributed by atoms with Gasteiger partial charge in [-0.1, -0.05) is 35.3 Å². The number of hydrazone groups is 1. The maximum Gasteiger partial charge on any atom is 0.277 e. The summed E-state index contributed by atoms with van der Waals surface area (Å²) in [6.07, 6.45) is 1.51. The van der Waals surface area contributed by atoms with Gasteiger partial charge in [-0.2, -0.15) is 5.10 Å². The average Bonchev–Trinajstić information content (AvgIpc) is 2.50. The number of amides is 1. The molecule has 2 aromatic carbocycles. The Balaban J connectivity index is 1.86. The van der Waals surface area contributed by atoms with Crippen molar-refractivity contribution < 1.29 is 9.53 Å². The van der Waals surface area contributed by atoms with Crippen molar-refractivity contribution in [3.8, 4) is 5.75 Å². The summed E-state index contributed by atoms with van der Waals surface area (Å²) >= 11 is 11.9. The average molecular weight is 351 g/mol. The summed E-state index contributed by atoms with van der Waals surface area (Å²) in [5.74, 6) is 0.243. The molecule has 0 radical (unpaired) electrons. The Morgan fingerprint density at radius 2 is 1.91 bits per heavy atom. The van der Waals surface area contributed by atoms with Crippen LogP contribution in [0.5, 0.6) is 5.75 Å². The fraction of sp³-hybridized carbons (Fsp3) is 0.176. The molecule has 0 fully saturated rings. The van der Waals surface area contributed by atoms with Crippen LogP contribution in [0, 0.1) is 13.8 Å². The summed E-state index contributed by atoms with van der Waals surface area (Å²) in [7, 11) is 0. The van der Waals surface area contributed by atoms with Gasteiger partial charge in [0.05, 0.1) is 6.21 Å². The van der Waals surface area contributed by atoms with E-state index in [-0.39, 0.29) is 12.5 Å². The van der Waals surface area contributed by atoms with E-state index in [2.05, 4.69) is 10.5 Å². The monoisotopic (exact) mass is 350 g/mol. The molecule has 2 aromatic rings. The first-order valence-corrected chi connectivity index (χ1v) is 7.68. The van der Waals surface area contributed by atoms with E-state index in [1.165, 1.54) is 6.21 Å². The summed E-state index contributed by atoms with van der Waals surface area (Å²) in [5, 5.41) is 5.17. The molecule has 0 atom stereocenters. The molecule has 0 unspecified atom stereocenters. The van der Waals surface area contributed by atoms with Gasteiger partial charge in [0.25, 0.3) is 5.91 Å². The Morgan fingerprint density at radius 3 is 2.57 bits per heavy atom. The number of nitrogens with zero attached hydrogens (tertiary/aromatic N) is 1. The molecule has 6 heteroatoms. The molecule has 0 heterocycles. The molecule has 0 saturated heterocycles. The van der Waals surface area contributed by atoms with Gasteiger partial charge in [-0.25, -0.2) is 5.43 Å². The molecule has 2 rings (SSSR count). The molecular formula is C17H16Cl2N2O2. The maximum atomic E-state index is 11.7. The quantitative estimate of drug-likeness (QED) is 0.650. The van der Waals surface area contributed by atoms with E-state index in [1.54, 1.807) is 30.3 Å². The first-order chi connectivity index (χ1) is 11.0. The minimum Gasteiger partial charge on any atom is -0.484 e. The lowest BCUT2D eigenvalue weighted by molar-refractivity contribution is -0.123. The predicted molar refractivity (Wildman–Crippen MR) is 93.6 cm³/mol. The fourth-order valence-electron chi connectivity index (χ4n) is 1.94. The highest BCUT2D eigenvalue weighted by Gasteiger charge is 2.06. The van der Waals surface area contributed by atoms with E-state index in [0.29, 0.717) is 15.8 Å². The number of halogens is 2. The zero-order valence-electron chi connectivity index (χ0n) is 12.8. The summed E-state index contributed by atoms with van der Waals surface area (Å²) in [4.78, 5) is 11.7. The van der Waals surface area contributed by atoms with Crippen LogP contribution in [-0.2, 0) is 4.79 Å². The van der Waals surface area contributed by atoms with E-state index in [1.807, 2.05) is 19.9 Å². The Bertz CT molecular complexity index is 722. The van der Waals surface area contributed by atoms with Crippen molar-refractivity contribution in [2.24, 2.45) is 5.10 Å². The van der Waals surface area contributed by atoms with Gasteiger partial charge in [0, 0.05) is 10.0 Å². The van der Waals surface area contributed by atoms with Gasteiger partial charge in [0.15, 0.2) is 6.61 Å². The second-order valence-corrected chi connectivity index (χ2v) is 5.82. The molecule has 1 amide bonds. The molecule has 1 N–H and O–H groups in total. The highest BCUT2D eigenvalue weighted by atomic mass is 35.5. The summed E-state index contributed by atoms with van der Waals surface area (Å²) in [6, 6.07) is 10.7. The highest BCUT2D eigenvalue weighted by Crippen LogP contribution is 2.25. The summed E-state index contributed by atoms with van der Waals surface area (Å²) < 4.78 is 5.44. The van der Waals surface area contributed by atoms with Crippen molar-refractivity contribution in [3.63, 3.8) is 0 Å². The SMILES string of the molecule is Cc1cc(OCC(=O)N/N=C/c2cccc(Cl)c2)cc(C)c1Cl. The van der Waals surface area contributed by atoms with E-state index in [0.717, 1.165) is 16.7 Å².